The van der Waals surface area contributed by atoms with E-state index in [9.17, 15) is 0 Å². The van der Waals surface area contributed by atoms with Gasteiger partial charge in [-0.1, -0.05) is 0 Å². The van der Waals surface area contributed by atoms with E-state index in [-0.39, 0.29) is 0 Å². The molecule has 0 spiro atoms. The Kier molecular flexibility index (Phi) is 0.855. The monoisotopic (exact) mass is 80.0 g/mol. The molecule has 28 valence electrons. The van der Waals surface area contributed by atoms with Crippen LogP contribution in [0.3, 0.4) is 0 Å². The summed E-state index contributed by atoms with van der Waals surface area (Å²) in [6, 6.07) is 0. The van der Waals surface area contributed by atoms with Crippen LogP contribution in [0.15, 0.2) is 6.09 Å². The van der Waals surface area contributed by atoms with Crippen molar-refractivity contribution in [2.75, 3.05) is 0 Å². The molecule has 1 heterocycles. The molecule has 0 aliphatic rings. The van der Waals surface area contributed by atoms with E-state index in [0.29, 0.717) is 0 Å². The van der Waals surface area contributed by atoms with Crippen LogP contribution in [0, 0.1) is 0 Å². The SMILES string of the molecule is b1cnnnn1. The van der Waals surface area contributed by atoms with Crippen LogP contribution in [0.25, 0.3) is 0 Å². The molecule has 0 aliphatic heterocycles. The normalized spacial score (nSPS) is 7.33. The van der Waals surface area contributed by atoms with Gasteiger partial charge in [-0.15, -0.1) is 0 Å². The van der Waals surface area contributed by atoms with E-state index >= 15 is 0 Å². The average molecular weight is 79.9 g/mol. The first kappa shape index (κ1) is 3.33. The summed E-state index contributed by atoms with van der Waals surface area (Å²) in [5, 5.41) is 13.1. The van der Waals surface area contributed by atoms with Crippen LogP contribution in [0.4, 0.5) is 0 Å². The molecule has 6 heavy (non-hydrogen) atoms. The van der Waals surface area contributed by atoms with E-state index in [4.69, 9.17) is 0 Å². The summed E-state index contributed by atoms with van der Waals surface area (Å²) in [5.41, 5.74) is 0. The van der Waals surface area contributed by atoms with E-state index in [2.05, 4.69) is 20.5 Å². The Hall–Kier alpha value is -0.865. The average Bonchev–Trinajstić information content (AvgIpc) is 1.72. The molecule has 1 rings (SSSR count). The molecule has 0 atom stereocenters. The molecule has 1 aromatic rings. The second-order valence-corrected chi connectivity index (χ2v) is 0.708. The molecule has 0 bridgehead atoms. The number of hydrogen-bond acceptors (Lipinski definition) is 4. The molecule has 0 saturated heterocycles. The first-order valence-electron chi connectivity index (χ1n) is 1.45. The molecule has 0 aromatic carbocycles. The Bertz CT molecular complexity index is 79.5. The third-order valence-electron chi connectivity index (χ3n) is 0.343. The Morgan fingerprint density at radius 1 is 1.33 bits per heavy atom. The zero-order valence-electron chi connectivity index (χ0n) is 2.94. The topological polar surface area (TPSA) is 51.6 Å². The van der Waals surface area contributed by atoms with Gasteiger partial charge in [0.1, 0.15) is 0 Å². The van der Waals surface area contributed by atoms with Crippen LogP contribution < -0.4 is 0 Å². The molecule has 0 fully saturated rings. The third-order valence-corrected chi connectivity index (χ3v) is 0.343. The summed E-state index contributed by atoms with van der Waals surface area (Å²) in [5.74, 6) is 0. The Labute approximate surface area is 34.8 Å². The van der Waals surface area contributed by atoms with Gasteiger partial charge in [-0.05, 0) is 0 Å². The van der Waals surface area contributed by atoms with Crippen LogP contribution in [0.2, 0.25) is 0 Å². The Balaban J connectivity index is 3.00. The van der Waals surface area contributed by atoms with Crippen molar-refractivity contribution in [3.8, 4) is 0 Å². The van der Waals surface area contributed by atoms with Crippen molar-refractivity contribution in [1.82, 2.24) is 20.5 Å². The molecule has 5 heteroatoms. The maximum absolute atomic E-state index is 3.36. The summed E-state index contributed by atoms with van der Waals surface area (Å²) in [6.45, 7) is 0. The van der Waals surface area contributed by atoms with E-state index < -0.39 is 0 Å². The van der Waals surface area contributed by atoms with Gasteiger partial charge in [0.25, 0.3) is 0 Å². The molecule has 1 aromatic heterocycles. The van der Waals surface area contributed by atoms with Gasteiger partial charge in [-0.2, -0.15) is 0 Å². The zero-order valence-corrected chi connectivity index (χ0v) is 2.94. The van der Waals surface area contributed by atoms with Gasteiger partial charge in [0.05, 0.1) is 0 Å². The number of nitrogens with zero attached hydrogens (tertiary/aromatic N) is 4. The predicted molar refractivity (Wildman–Crippen MR) is 19.0 cm³/mol. The van der Waals surface area contributed by atoms with Gasteiger partial charge in [-0.25, -0.2) is 0 Å². The maximum atomic E-state index is 3.36. The van der Waals surface area contributed by atoms with Crippen molar-refractivity contribution >= 4 is 7.05 Å². The summed E-state index contributed by atoms with van der Waals surface area (Å²) in [6.07, 6.45) is 1.47. The quantitative estimate of drug-likeness (QED) is 0.384. The summed E-state index contributed by atoms with van der Waals surface area (Å²) in [7, 11) is 1.47. The fourth-order valence-electron chi connectivity index (χ4n) is 0.165. The molecule has 0 aliphatic carbocycles. The zero-order chi connectivity index (χ0) is 4.24. The van der Waals surface area contributed by atoms with Gasteiger partial charge in [0.15, 0.2) is 0 Å². The van der Waals surface area contributed by atoms with E-state index in [1.807, 2.05) is 0 Å². The Morgan fingerprint density at radius 2 is 2.33 bits per heavy atom. The number of rotatable bonds is 0. The molecule has 0 radical (unpaired) electrons. The minimum absolute atomic E-state index is 1.47. The third kappa shape index (κ3) is 0.542. The molecule has 0 N–H and O–H groups in total. The van der Waals surface area contributed by atoms with Crippen molar-refractivity contribution in [3.63, 3.8) is 0 Å². The van der Waals surface area contributed by atoms with Gasteiger partial charge >= 0.3 is 33.7 Å². The van der Waals surface area contributed by atoms with Gasteiger partial charge in [0, 0.05) is 0 Å². The number of aromatic nitrogens is 4. The fourth-order valence-corrected chi connectivity index (χ4v) is 0.165. The van der Waals surface area contributed by atoms with Crippen molar-refractivity contribution in [2.45, 2.75) is 0 Å². The molecule has 0 amide bonds. The summed E-state index contributed by atoms with van der Waals surface area (Å²) < 4.78 is 0. The van der Waals surface area contributed by atoms with Crippen LogP contribution in [0.5, 0.6) is 0 Å². The summed E-state index contributed by atoms with van der Waals surface area (Å²) >= 11 is 0. The molecular formula is CHBN4. The van der Waals surface area contributed by atoms with E-state index in [1.165, 1.54) is 13.1 Å². The standard InChI is InChI=1S/CHBN4/c1-2-4-6-5-3-1/h1H. The Morgan fingerprint density at radius 3 is 2.50 bits per heavy atom. The van der Waals surface area contributed by atoms with Crippen LogP contribution in [-0.4, -0.2) is 27.6 Å². The first-order valence-corrected chi connectivity index (χ1v) is 1.45. The first-order chi connectivity index (χ1) is 3.00. The molecule has 4 nitrogen and oxygen atoms in total. The second-order valence-electron chi connectivity index (χ2n) is 0.708. The fraction of sp³-hybridized carbons (Fsp3) is 0. The van der Waals surface area contributed by atoms with Crippen molar-refractivity contribution in [1.29, 1.82) is 0 Å². The van der Waals surface area contributed by atoms with Crippen molar-refractivity contribution in [3.05, 3.63) is 6.09 Å². The van der Waals surface area contributed by atoms with Crippen molar-refractivity contribution in [2.24, 2.45) is 0 Å². The van der Waals surface area contributed by atoms with Crippen LogP contribution in [-0.2, 0) is 0 Å². The molecule has 0 saturated carbocycles. The second kappa shape index (κ2) is 1.54. The predicted octanol–water partition coefficient (Wildman–Crippen LogP) is -1.40. The summed E-state index contributed by atoms with van der Waals surface area (Å²) in [4.78, 5) is 0. The van der Waals surface area contributed by atoms with Gasteiger partial charge in [0.2, 0.25) is 0 Å². The number of hydrogen-bond donors (Lipinski definition) is 0. The van der Waals surface area contributed by atoms with Gasteiger partial charge in [-0.3, -0.25) is 0 Å². The van der Waals surface area contributed by atoms with Crippen LogP contribution >= 0.6 is 0 Å². The van der Waals surface area contributed by atoms with Crippen LogP contribution in [0.1, 0.15) is 0 Å². The van der Waals surface area contributed by atoms with E-state index in [1.54, 1.807) is 0 Å². The molecule has 0 unspecified atom stereocenters. The van der Waals surface area contributed by atoms with Crippen molar-refractivity contribution < 1.29 is 0 Å². The molecular weight excluding hydrogens is 78.9 g/mol. The van der Waals surface area contributed by atoms with Gasteiger partial charge < -0.3 is 0 Å². The minimum atomic E-state index is 1.47. The van der Waals surface area contributed by atoms with E-state index in [0.717, 1.165) is 0 Å².